The molecule has 0 saturated carbocycles. The van der Waals surface area contributed by atoms with Gasteiger partial charge in [0.05, 0.1) is 6.61 Å². The topological polar surface area (TPSA) is 33.7 Å². The van der Waals surface area contributed by atoms with Gasteiger partial charge in [0, 0.05) is 52.0 Å². The summed E-state index contributed by atoms with van der Waals surface area (Å²) in [6, 6.07) is 1.29. The van der Waals surface area contributed by atoms with Crippen LogP contribution in [0, 0.1) is 5.92 Å². The van der Waals surface area contributed by atoms with Crippen LogP contribution in [0.2, 0.25) is 0 Å². The van der Waals surface area contributed by atoms with Crippen LogP contribution in [0.5, 0.6) is 0 Å². The van der Waals surface area contributed by atoms with Gasteiger partial charge in [-0.25, -0.2) is 0 Å². The molecule has 1 aliphatic heterocycles. The van der Waals surface area contributed by atoms with E-state index in [9.17, 15) is 0 Å². The Hall–Kier alpha value is -0.160. The third-order valence-electron chi connectivity index (χ3n) is 3.96. The molecule has 0 amide bonds. The van der Waals surface area contributed by atoms with Crippen LogP contribution in [0.1, 0.15) is 33.6 Å². The predicted octanol–water partition coefficient (Wildman–Crippen LogP) is 1.75. The minimum Gasteiger partial charge on any atom is -0.385 e. The Balaban J connectivity index is 2.25. The zero-order chi connectivity index (χ0) is 14.1. The largest absolute Gasteiger partial charge is 0.385 e. The smallest absolute Gasteiger partial charge is 0.0593 e. The van der Waals surface area contributed by atoms with Gasteiger partial charge in [-0.15, -0.1) is 0 Å². The number of hydrogen-bond acceptors (Lipinski definition) is 4. The summed E-state index contributed by atoms with van der Waals surface area (Å²) in [6.45, 7) is 12.6. The Morgan fingerprint density at radius 2 is 2.05 bits per heavy atom. The van der Waals surface area contributed by atoms with Crippen molar-refractivity contribution < 1.29 is 9.47 Å². The molecular weight excluding hydrogens is 240 g/mol. The first-order valence-electron chi connectivity index (χ1n) is 7.73. The van der Waals surface area contributed by atoms with Crippen LogP contribution in [0.3, 0.4) is 0 Å². The highest BCUT2D eigenvalue weighted by Gasteiger charge is 2.28. The quantitative estimate of drug-likeness (QED) is 0.648. The monoisotopic (exact) mass is 272 g/mol. The van der Waals surface area contributed by atoms with E-state index in [0.717, 1.165) is 45.9 Å². The first-order chi connectivity index (χ1) is 9.19. The number of nitrogens with zero attached hydrogens (tertiary/aromatic N) is 1. The summed E-state index contributed by atoms with van der Waals surface area (Å²) in [7, 11) is 1.73. The zero-order valence-corrected chi connectivity index (χ0v) is 13.2. The lowest BCUT2D eigenvalue weighted by Crippen LogP contribution is -2.58. The number of hydrogen-bond donors (Lipinski definition) is 1. The zero-order valence-electron chi connectivity index (χ0n) is 13.2. The van der Waals surface area contributed by atoms with Crippen molar-refractivity contribution in [2.75, 3.05) is 46.6 Å². The molecule has 1 N–H and O–H groups in total. The van der Waals surface area contributed by atoms with E-state index in [-0.39, 0.29) is 0 Å². The van der Waals surface area contributed by atoms with Crippen molar-refractivity contribution in [1.29, 1.82) is 0 Å². The first kappa shape index (κ1) is 16.9. The molecule has 19 heavy (non-hydrogen) atoms. The summed E-state index contributed by atoms with van der Waals surface area (Å²) in [5.74, 6) is 0.693. The average Bonchev–Trinajstić information content (AvgIpc) is 2.42. The molecule has 0 aromatic rings. The molecule has 0 spiro atoms. The molecule has 2 atom stereocenters. The van der Waals surface area contributed by atoms with Crippen molar-refractivity contribution >= 4 is 0 Å². The van der Waals surface area contributed by atoms with Crippen LogP contribution in [0.25, 0.3) is 0 Å². The van der Waals surface area contributed by atoms with Crippen LogP contribution in [-0.4, -0.2) is 63.5 Å². The molecule has 0 aromatic heterocycles. The summed E-state index contributed by atoms with van der Waals surface area (Å²) in [6.07, 6.45) is 2.19. The van der Waals surface area contributed by atoms with Gasteiger partial charge in [0.25, 0.3) is 0 Å². The molecule has 1 fully saturated rings. The molecule has 0 aromatic carbocycles. The van der Waals surface area contributed by atoms with Crippen LogP contribution < -0.4 is 5.32 Å². The molecule has 2 unspecified atom stereocenters. The van der Waals surface area contributed by atoms with Gasteiger partial charge in [0.2, 0.25) is 0 Å². The Morgan fingerprint density at radius 1 is 1.26 bits per heavy atom. The van der Waals surface area contributed by atoms with Crippen LogP contribution >= 0.6 is 0 Å². The molecule has 0 aliphatic carbocycles. The Bertz CT molecular complexity index is 224. The van der Waals surface area contributed by atoms with Crippen molar-refractivity contribution in [2.24, 2.45) is 5.92 Å². The van der Waals surface area contributed by atoms with Gasteiger partial charge in [0.1, 0.15) is 0 Å². The molecule has 114 valence electrons. The Kier molecular flexibility index (Phi) is 8.62. The highest BCUT2D eigenvalue weighted by Crippen LogP contribution is 2.15. The third-order valence-corrected chi connectivity index (χ3v) is 3.96. The summed E-state index contributed by atoms with van der Waals surface area (Å²) in [5.41, 5.74) is 0. The lowest BCUT2D eigenvalue weighted by molar-refractivity contribution is 0.0436. The third kappa shape index (κ3) is 6.21. The molecule has 4 nitrogen and oxygen atoms in total. The fraction of sp³-hybridized carbons (Fsp3) is 1.00. The summed E-state index contributed by atoms with van der Waals surface area (Å²) in [4.78, 5) is 2.60. The van der Waals surface area contributed by atoms with Crippen molar-refractivity contribution in [3.05, 3.63) is 0 Å². The molecule has 4 heteroatoms. The maximum absolute atomic E-state index is 5.69. The molecule has 0 radical (unpaired) electrons. The minimum absolute atomic E-state index is 0.642. The first-order valence-corrected chi connectivity index (χ1v) is 7.73. The maximum atomic E-state index is 5.69. The average molecular weight is 272 g/mol. The summed E-state index contributed by atoms with van der Waals surface area (Å²) < 4.78 is 10.7. The van der Waals surface area contributed by atoms with Crippen LogP contribution in [-0.2, 0) is 9.47 Å². The van der Waals surface area contributed by atoms with Gasteiger partial charge in [-0.1, -0.05) is 20.8 Å². The van der Waals surface area contributed by atoms with Crippen molar-refractivity contribution in [1.82, 2.24) is 10.2 Å². The summed E-state index contributed by atoms with van der Waals surface area (Å²) in [5, 5.41) is 3.65. The number of piperazine rings is 1. The molecule has 1 aliphatic rings. The normalized spacial score (nSPS) is 25.1. The van der Waals surface area contributed by atoms with E-state index < -0.39 is 0 Å². The molecule has 1 heterocycles. The lowest BCUT2D eigenvalue weighted by Gasteiger charge is -2.42. The van der Waals surface area contributed by atoms with Crippen molar-refractivity contribution in [3.63, 3.8) is 0 Å². The number of methoxy groups -OCH3 is 1. The lowest BCUT2D eigenvalue weighted by atomic mass is 9.98. The highest BCUT2D eigenvalue weighted by atomic mass is 16.5. The van der Waals surface area contributed by atoms with Crippen LogP contribution in [0.4, 0.5) is 0 Å². The van der Waals surface area contributed by atoms with E-state index in [4.69, 9.17) is 9.47 Å². The van der Waals surface area contributed by atoms with Gasteiger partial charge in [-0.3, -0.25) is 4.90 Å². The highest BCUT2D eigenvalue weighted by molar-refractivity contribution is 4.87. The number of nitrogens with one attached hydrogen (secondary N) is 1. The van der Waals surface area contributed by atoms with Gasteiger partial charge in [-0.2, -0.15) is 0 Å². The van der Waals surface area contributed by atoms with E-state index in [1.54, 1.807) is 7.11 Å². The van der Waals surface area contributed by atoms with Crippen molar-refractivity contribution in [2.45, 2.75) is 45.7 Å². The van der Waals surface area contributed by atoms with Gasteiger partial charge in [0.15, 0.2) is 0 Å². The number of ether oxygens (including phenoxy) is 2. The maximum Gasteiger partial charge on any atom is 0.0593 e. The molecule has 0 bridgehead atoms. The number of rotatable bonds is 9. The Labute approximate surface area is 118 Å². The van der Waals surface area contributed by atoms with Crippen LogP contribution in [0.15, 0.2) is 0 Å². The SMILES string of the molecule is CCC1CN(CCOCCCOC)C(C(C)C)CN1. The molecule has 1 saturated heterocycles. The fourth-order valence-electron chi connectivity index (χ4n) is 2.68. The van der Waals surface area contributed by atoms with Gasteiger partial charge in [-0.05, 0) is 18.8 Å². The Morgan fingerprint density at radius 3 is 2.68 bits per heavy atom. The second-order valence-electron chi connectivity index (χ2n) is 5.78. The second kappa shape index (κ2) is 9.70. The van der Waals surface area contributed by atoms with E-state index in [1.165, 1.54) is 6.42 Å². The van der Waals surface area contributed by atoms with E-state index in [2.05, 4.69) is 31.0 Å². The van der Waals surface area contributed by atoms with Gasteiger partial charge < -0.3 is 14.8 Å². The van der Waals surface area contributed by atoms with E-state index >= 15 is 0 Å². The van der Waals surface area contributed by atoms with E-state index in [1.807, 2.05) is 0 Å². The fourth-order valence-corrected chi connectivity index (χ4v) is 2.68. The molecule has 1 rings (SSSR count). The standard InChI is InChI=1S/C15H32N2O2/c1-5-14-12-17(15(11-16-14)13(2)3)7-10-19-9-6-8-18-4/h13-16H,5-12H2,1-4H3. The van der Waals surface area contributed by atoms with Gasteiger partial charge >= 0.3 is 0 Å². The second-order valence-corrected chi connectivity index (χ2v) is 5.78. The summed E-state index contributed by atoms with van der Waals surface area (Å²) >= 11 is 0. The minimum atomic E-state index is 0.642. The van der Waals surface area contributed by atoms with E-state index in [0.29, 0.717) is 18.0 Å². The van der Waals surface area contributed by atoms with Crippen molar-refractivity contribution in [3.8, 4) is 0 Å². The molecular formula is C15H32N2O2. The predicted molar refractivity (Wildman–Crippen MR) is 79.6 cm³/mol.